The maximum absolute atomic E-state index is 2.46. The summed E-state index contributed by atoms with van der Waals surface area (Å²) in [6, 6.07) is 48.2. The van der Waals surface area contributed by atoms with Gasteiger partial charge in [0, 0.05) is 0 Å². The fourth-order valence-corrected chi connectivity index (χ4v) is 12.7. The summed E-state index contributed by atoms with van der Waals surface area (Å²) in [6.07, 6.45) is 2.25. The van der Waals surface area contributed by atoms with Crippen molar-refractivity contribution in [2.75, 3.05) is 0 Å². The van der Waals surface area contributed by atoms with E-state index in [0.29, 0.717) is 5.54 Å². The van der Waals surface area contributed by atoms with Gasteiger partial charge in [0.1, 0.15) is 8.80 Å². The lowest BCUT2D eigenvalue weighted by Gasteiger charge is -2.27. The van der Waals surface area contributed by atoms with Gasteiger partial charge >= 0.3 is 0 Å². The molecule has 2 heteroatoms. The first-order valence-corrected chi connectivity index (χ1v) is 17.3. The lowest BCUT2D eigenvalue weighted by Crippen LogP contribution is -2.50. The Morgan fingerprint density at radius 2 is 1.05 bits per heavy atom. The molecule has 189 valence electrons. The summed E-state index contributed by atoms with van der Waals surface area (Å²) < 4.78 is 0. The van der Waals surface area contributed by atoms with Gasteiger partial charge in [-0.15, -0.1) is 0 Å². The smallest absolute Gasteiger partial charge is 0.0664 e. The normalized spacial score (nSPS) is 13.5. The Balaban J connectivity index is 1.47. The predicted octanol–water partition coefficient (Wildman–Crippen LogP) is 8.50. The van der Waals surface area contributed by atoms with Crippen LogP contribution in [-0.4, -0.2) is 8.80 Å². The van der Waals surface area contributed by atoms with Crippen molar-refractivity contribution in [3.63, 3.8) is 0 Å². The van der Waals surface area contributed by atoms with Crippen LogP contribution in [-0.2, 0) is 12.3 Å². The Hall–Kier alpha value is -3.51. The zero-order valence-corrected chi connectivity index (χ0v) is 24.5. The highest BCUT2D eigenvalue weighted by Gasteiger charge is 2.30. The SMILES string of the molecule is CC(C)[Si](c1ccccc1)c1ccccc1P1Cc2ccc3ccccc3c2-c2c(ccc3ccccc23)C1. The van der Waals surface area contributed by atoms with Gasteiger partial charge in [-0.1, -0.05) is 154 Å². The topological polar surface area (TPSA) is 0 Å². The van der Waals surface area contributed by atoms with Crippen LogP contribution in [0.2, 0.25) is 5.54 Å². The van der Waals surface area contributed by atoms with E-state index in [9.17, 15) is 0 Å². The molecule has 1 heterocycles. The highest BCUT2D eigenvalue weighted by molar-refractivity contribution is 7.64. The largest absolute Gasteiger partial charge is 0.124 e. The summed E-state index contributed by atoms with van der Waals surface area (Å²) in [7, 11) is -1.33. The monoisotopic (exact) mass is 535 g/mol. The highest BCUT2D eigenvalue weighted by atomic mass is 31.1. The zero-order valence-electron chi connectivity index (χ0n) is 22.6. The minimum absolute atomic E-state index is 0.420. The fourth-order valence-electron chi connectivity index (χ4n) is 6.52. The van der Waals surface area contributed by atoms with Crippen molar-refractivity contribution in [2.24, 2.45) is 0 Å². The van der Waals surface area contributed by atoms with Crippen molar-refractivity contribution in [3.05, 3.63) is 139 Å². The Bertz CT molecular complexity index is 1720. The summed E-state index contributed by atoms with van der Waals surface area (Å²) in [6.45, 7) is 4.84. The Labute approximate surface area is 234 Å². The van der Waals surface area contributed by atoms with E-state index in [4.69, 9.17) is 0 Å². The fraction of sp³-hybridized carbons (Fsp3) is 0.135. The third-order valence-corrected chi connectivity index (χ3v) is 14.1. The molecule has 0 saturated carbocycles. The molecule has 0 fully saturated rings. The molecule has 1 aliphatic heterocycles. The molecule has 0 aromatic heterocycles. The third-order valence-electron chi connectivity index (χ3n) is 8.20. The van der Waals surface area contributed by atoms with Crippen LogP contribution in [0.4, 0.5) is 0 Å². The quantitative estimate of drug-likeness (QED) is 0.157. The molecule has 0 unspecified atom stereocenters. The molecule has 0 atom stereocenters. The van der Waals surface area contributed by atoms with Gasteiger partial charge in [0.25, 0.3) is 0 Å². The van der Waals surface area contributed by atoms with Gasteiger partial charge in [-0.2, -0.15) is 0 Å². The van der Waals surface area contributed by atoms with Gasteiger partial charge < -0.3 is 0 Å². The molecule has 0 spiro atoms. The third kappa shape index (κ3) is 4.35. The number of fused-ring (bicyclic) bond motifs is 7. The van der Waals surface area contributed by atoms with Crippen LogP contribution >= 0.6 is 7.92 Å². The summed E-state index contributed by atoms with van der Waals surface area (Å²) in [5.41, 5.74) is 6.54. The van der Waals surface area contributed by atoms with Gasteiger partial charge in [0.15, 0.2) is 0 Å². The summed E-state index contributed by atoms with van der Waals surface area (Å²) in [5, 5.41) is 10.2. The van der Waals surface area contributed by atoms with Crippen LogP contribution in [0.3, 0.4) is 0 Å². The molecule has 0 amide bonds. The van der Waals surface area contributed by atoms with Crippen molar-refractivity contribution >= 4 is 53.9 Å². The second-order valence-electron chi connectivity index (χ2n) is 10.9. The zero-order chi connectivity index (χ0) is 26.3. The van der Waals surface area contributed by atoms with E-state index in [1.165, 1.54) is 49.0 Å². The number of hydrogen-bond donors (Lipinski definition) is 0. The molecule has 7 rings (SSSR count). The second-order valence-corrected chi connectivity index (χ2v) is 16.2. The minimum atomic E-state index is -0.912. The molecule has 0 nitrogen and oxygen atoms in total. The van der Waals surface area contributed by atoms with Crippen molar-refractivity contribution < 1.29 is 0 Å². The van der Waals surface area contributed by atoms with Crippen molar-refractivity contribution in [3.8, 4) is 11.1 Å². The van der Waals surface area contributed by atoms with Crippen molar-refractivity contribution in [1.29, 1.82) is 0 Å². The average Bonchev–Trinajstić information content (AvgIpc) is 3.15. The van der Waals surface area contributed by atoms with E-state index in [0.717, 1.165) is 12.3 Å². The Morgan fingerprint density at radius 3 is 1.64 bits per heavy atom. The van der Waals surface area contributed by atoms with Gasteiger partial charge in [-0.25, -0.2) is 0 Å². The lowest BCUT2D eigenvalue weighted by atomic mass is 9.88. The standard InChI is InChI=1S/C37H32PSi/c1-26(2)39(31-14-4-3-5-15-31)35-19-11-10-18-34(35)38-24-29-22-20-27-12-6-8-16-32(27)36(29)37-30(25-38)23-21-28-13-7-9-17-33(28)37/h3-23,26H,24-25H2,1-2H3. The van der Waals surface area contributed by atoms with E-state index in [-0.39, 0.29) is 0 Å². The van der Waals surface area contributed by atoms with Gasteiger partial charge in [-0.3, -0.25) is 0 Å². The van der Waals surface area contributed by atoms with Crippen LogP contribution in [0, 0.1) is 0 Å². The van der Waals surface area contributed by atoms with Gasteiger partial charge in [-0.05, 0) is 72.2 Å². The van der Waals surface area contributed by atoms with Crippen LogP contribution < -0.4 is 15.7 Å². The molecule has 6 aromatic rings. The van der Waals surface area contributed by atoms with Gasteiger partial charge in [0.05, 0.1) is 0 Å². The van der Waals surface area contributed by atoms with Crippen LogP contribution in [0.15, 0.2) is 127 Å². The first-order chi connectivity index (χ1) is 19.2. The molecular weight excluding hydrogens is 503 g/mol. The first kappa shape index (κ1) is 24.5. The number of rotatable bonds is 4. The van der Waals surface area contributed by atoms with E-state index in [1.54, 1.807) is 10.5 Å². The molecule has 0 saturated heterocycles. The Morgan fingerprint density at radius 1 is 0.538 bits per heavy atom. The van der Waals surface area contributed by atoms with Gasteiger partial charge in [0.2, 0.25) is 0 Å². The molecule has 6 aromatic carbocycles. The molecule has 1 radical (unpaired) electrons. The molecule has 1 aliphatic rings. The summed E-state index contributed by atoms with van der Waals surface area (Å²) in [5.74, 6) is 0. The highest BCUT2D eigenvalue weighted by Crippen LogP contribution is 2.52. The molecule has 0 aliphatic carbocycles. The predicted molar refractivity (Wildman–Crippen MR) is 174 cm³/mol. The van der Waals surface area contributed by atoms with E-state index in [1.807, 2.05) is 0 Å². The van der Waals surface area contributed by atoms with Crippen molar-refractivity contribution in [2.45, 2.75) is 31.7 Å². The first-order valence-electron chi connectivity index (χ1n) is 14.0. The van der Waals surface area contributed by atoms with Crippen LogP contribution in [0.1, 0.15) is 25.0 Å². The second kappa shape index (κ2) is 10.2. The summed E-state index contributed by atoms with van der Waals surface area (Å²) >= 11 is 0. The van der Waals surface area contributed by atoms with Crippen LogP contribution in [0.25, 0.3) is 32.7 Å². The number of hydrogen-bond acceptors (Lipinski definition) is 0. The molecule has 0 bridgehead atoms. The summed E-state index contributed by atoms with van der Waals surface area (Å²) in [4.78, 5) is 0. The molecular formula is C37H32PSi. The minimum Gasteiger partial charge on any atom is -0.0664 e. The van der Waals surface area contributed by atoms with Crippen LogP contribution in [0.5, 0.6) is 0 Å². The molecule has 0 N–H and O–H groups in total. The van der Waals surface area contributed by atoms with E-state index >= 15 is 0 Å². The van der Waals surface area contributed by atoms with Crippen molar-refractivity contribution in [1.82, 2.24) is 0 Å². The maximum atomic E-state index is 2.46. The Kier molecular flexibility index (Phi) is 6.43. The van der Waals surface area contributed by atoms with E-state index in [2.05, 4.69) is 141 Å². The lowest BCUT2D eigenvalue weighted by molar-refractivity contribution is 1.05. The maximum Gasteiger partial charge on any atom is 0.124 e. The average molecular weight is 536 g/mol. The molecule has 39 heavy (non-hydrogen) atoms. The number of benzene rings is 6. The van der Waals surface area contributed by atoms with E-state index < -0.39 is 16.7 Å².